The predicted octanol–water partition coefficient (Wildman–Crippen LogP) is 1.50. The number of hydrogen-bond donors (Lipinski definition) is 1. The summed E-state index contributed by atoms with van der Waals surface area (Å²) in [6.45, 7) is 0.729. The van der Waals surface area contributed by atoms with E-state index in [0.29, 0.717) is 16.8 Å². The zero-order valence-corrected chi connectivity index (χ0v) is 8.59. The summed E-state index contributed by atoms with van der Waals surface area (Å²) in [6, 6.07) is 3.63. The molecule has 1 saturated carbocycles. The van der Waals surface area contributed by atoms with Crippen molar-refractivity contribution in [2.75, 3.05) is 6.61 Å². The van der Waals surface area contributed by atoms with E-state index in [1.54, 1.807) is 12.3 Å². The molecule has 1 aromatic heterocycles. The van der Waals surface area contributed by atoms with Crippen molar-refractivity contribution in [2.24, 2.45) is 11.7 Å². The van der Waals surface area contributed by atoms with E-state index in [0.717, 1.165) is 12.2 Å². The van der Waals surface area contributed by atoms with Crippen molar-refractivity contribution in [1.29, 1.82) is 0 Å². The summed E-state index contributed by atoms with van der Waals surface area (Å²) in [5, 5.41) is 0. The van der Waals surface area contributed by atoms with Crippen LogP contribution in [0, 0.1) is 5.92 Å². The van der Waals surface area contributed by atoms with Crippen LogP contribution < -0.4 is 10.5 Å². The van der Waals surface area contributed by atoms with Gasteiger partial charge in [0.15, 0.2) is 0 Å². The van der Waals surface area contributed by atoms with Crippen LogP contribution >= 0.6 is 12.2 Å². The average molecular weight is 208 g/mol. The molecule has 1 heterocycles. The fraction of sp³-hybridized carbons (Fsp3) is 0.400. The summed E-state index contributed by atoms with van der Waals surface area (Å²) < 4.78 is 5.54. The van der Waals surface area contributed by atoms with Crippen LogP contribution in [-0.2, 0) is 0 Å². The van der Waals surface area contributed by atoms with Crippen LogP contribution in [0.25, 0.3) is 0 Å². The summed E-state index contributed by atoms with van der Waals surface area (Å²) >= 11 is 4.90. The van der Waals surface area contributed by atoms with Gasteiger partial charge in [-0.15, -0.1) is 0 Å². The molecule has 4 heteroatoms. The maximum Gasteiger partial charge on any atom is 0.223 e. The highest BCUT2D eigenvalue weighted by atomic mass is 32.1. The van der Waals surface area contributed by atoms with E-state index < -0.39 is 0 Å². The van der Waals surface area contributed by atoms with Gasteiger partial charge in [0.05, 0.1) is 12.2 Å². The van der Waals surface area contributed by atoms with Crippen molar-refractivity contribution in [3.63, 3.8) is 0 Å². The Morgan fingerprint density at radius 2 is 2.43 bits per heavy atom. The normalized spacial score (nSPS) is 15.1. The van der Waals surface area contributed by atoms with Gasteiger partial charge in [-0.3, -0.25) is 0 Å². The minimum absolute atomic E-state index is 0.337. The van der Waals surface area contributed by atoms with Crippen molar-refractivity contribution < 1.29 is 4.74 Å². The first-order valence-corrected chi connectivity index (χ1v) is 5.06. The maximum absolute atomic E-state index is 5.55. The lowest BCUT2D eigenvalue weighted by atomic mass is 10.3. The smallest absolute Gasteiger partial charge is 0.223 e. The molecule has 2 N–H and O–H groups in total. The number of hydrogen-bond acceptors (Lipinski definition) is 3. The third-order valence-electron chi connectivity index (χ3n) is 2.19. The van der Waals surface area contributed by atoms with Gasteiger partial charge in [-0.1, -0.05) is 12.2 Å². The van der Waals surface area contributed by atoms with Gasteiger partial charge in [0.25, 0.3) is 0 Å². The van der Waals surface area contributed by atoms with Gasteiger partial charge >= 0.3 is 0 Å². The van der Waals surface area contributed by atoms with Gasteiger partial charge < -0.3 is 10.5 Å². The third-order valence-corrected chi connectivity index (χ3v) is 2.41. The number of nitrogens with two attached hydrogens (primary N) is 1. The molecule has 0 radical (unpaired) electrons. The Kier molecular flexibility index (Phi) is 2.63. The fourth-order valence-corrected chi connectivity index (χ4v) is 1.33. The summed E-state index contributed by atoms with van der Waals surface area (Å²) in [6.07, 6.45) is 4.20. The molecule has 0 aliphatic heterocycles. The predicted molar refractivity (Wildman–Crippen MR) is 58.3 cm³/mol. The molecule has 3 nitrogen and oxygen atoms in total. The zero-order valence-electron chi connectivity index (χ0n) is 7.77. The minimum Gasteiger partial charge on any atom is -0.477 e. The number of pyridine rings is 1. The third kappa shape index (κ3) is 2.20. The van der Waals surface area contributed by atoms with Crippen molar-refractivity contribution in [2.45, 2.75) is 12.8 Å². The Hall–Kier alpha value is -1.16. The summed E-state index contributed by atoms with van der Waals surface area (Å²) in [4.78, 5) is 4.45. The van der Waals surface area contributed by atoms with Crippen LogP contribution in [0.2, 0.25) is 0 Å². The minimum atomic E-state index is 0.337. The lowest BCUT2D eigenvalue weighted by Gasteiger charge is -2.07. The molecule has 0 unspecified atom stereocenters. The lowest BCUT2D eigenvalue weighted by molar-refractivity contribution is 0.288. The molecule has 2 rings (SSSR count). The second-order valence-electron chi connectivity index (χ2n) is 3.47. The first kappa shape index (κ1) is 9.40. The Bertz CT molecular complexity index is 350. The van der Waals surface area contributed by atoms with Crippen molar-refractivity contribution in [3.8, 4) is 5.88 Å². The Morgan fingerprint density at radius 1 is 1.64 bits per heavy atom. The summed E-state index contributed by atoms with van der Waals surface area (Å²) in [5.74, 6) is 1.27. The molecule has 0 bridgehead atoms. The molecular formula is C10H12N2OS. The Balaban J connectivity index is 2.09. The van der Waals surface area contributed by atoms with Gasteiger partial charge in [-0.05, 0) is 30.9 Å². The standard InChI is InChI=1S/C10H12N2OS/c11-9(14)8-2-1-5-12-10(8)13-6-7-3-4-7/h1-2,5,7H,3-4,6H2,(H2,11,14). The quantitative estimate of drug-likeness (QED) is 0.762. The molecule has 0 atom stereocenters. The molecule has 1 aliphatic rings. The van der Waals surface area contributed by atoms with Crippen molar-refractivity contribution >= 4 is 17.2 Å². The largest absolute Gasteiger partial charge is 0.477 e. The fourth-order valence-electron chi connectivity index (χ4n) is 1.17. The molecule has 0 aromatic carbocycles. The highest BCUT2D eigenvalue weighted by Crippen LogP contribution is 2.29. The number of rotatable bonds is 4. The van der Waals surface area contributed by atoms with E-state index in [-0.39, 0.29) is 0 Å². The number of ether oxygens (including phenoxy) is 1. The zero-order chi connectivity index (χ0) is 9.97. The molecule has 0 saturated heterocycles. The molecule has 74 valence electrons. The Labute approximate surface area is 88.3 Å². The van der Waals surface area contributed by atoms with Gasteiger partial charge in [-0.2, -0.15) is 0 Å². The second-order valence-corrected chi connectivity index (χ2v) is 3.91. The van der Waals surface area contributed by atoms with Crippen molar-refractivity contribution in [3.05, 3.63) is 23.9 Å². The monoisotopic (exact) mass is 208 g/mol. The van der Waals surface area contributed by atoms with Crippen LogP contribution in [0.1, 0.15) is 18.4 Å². The summed E-state index contributed by atoms with van der Waals surface area (Å²) in [5.41, 5.74) is 6.27. The first-order chi connectivity index (χ1) is 6.77. The van der Waals surface area contributed by atoms with E-state index >= 15 is 0 Å². The molecule has 14 heavy (non-hydrogen) atoms. The molecule has 1 fully saturated rings. The maximum atomic E-state index is 5.55. The van der Waals surface area contributed by atoms with E-state index in [2.05, 4.69) is 4.98 Å². The van der Waals surface area contributed by atoms with Crippen molar-refractivity contribution in [1.82, 2.24) is 4.98 Å². The SMILES string of the molecule is NC(=S)c1cccnc1OCC1CC1. The molecule has 1 aromatic rings. The van der Waals surface area contributed by atoms with Gasteiger partial charge in [0.2, 0.25) is 5.88 Å². The Morgan fingerprint density at radius 3 is 3.07 bits per heavy atom. The topological polar surface area (TPSA) is 48.1 Å². The average Bonchev–Trinajstić information content (AvgIpc) is 2.98. The van der Waals surface area contributed by atoms with Crippen LogP contribution in [0.15, 0.2) is 18.3 Å². The van der Waals surface area contributed by atoms with E-state index in [4.69, 9.17) is 22.7 Å². The molecule has 0 spiro atoms. The number of thiocarbonyl (C=S) groups is 1. The van der Waals surface area contributed by atoms with Gasteiger partial charge in [-0.25, -0.2) is 4.98 Å². The lowest BCUT2D eigenvalue weighted by Crippen LogP contribution is -2.13. The van der Waals surface area contributed by atoms with Crippen LogP contribution in [0.5, 0.6) is 5.88 Å². The van der Waals surface area contributed by atoms with E-state index in [1.807, 2.05) is 6.07 Å². The summed E-state index contributed by atoms with van der Waals surface area (Å²) in [7, 11) is 0. The molecule has 0 amide bonds. The van der Waals surface area contributed by atoms with Gasteiger partial charge in [0, 0.05) is 6.20 Å². The van der Waals surface area contributed by atoms with E-state index in [9.17, 15) is 0 Å². The van der Waals surface area contributed by atoms with Crippen LogP contribution in [0.4, 0.5) is 0 Å². The van der Waals surface area contributed by atoms with Gasteiger partial charge in [0.1, 0.15) is 4.99 Å². The highest BCUT2D eigenvalue weighted by Gasteiger charge is 2.22. The van der Waals surface area contributed by atoms with Crippen LogP contribution in [0.3, 0.4) is 0 Å². The van der Waals surface area contributed by atoms with E-state index in [1.165, 1.54) is 12.8 Å². The second kappa shape index (κ2) is 3.92. The first-order valence-electron chi connectivity index (χ1n) is 4.65. The highest BCUT2D eigenvalue weighted by molar-refractivity contribution is 7.80. The number of aromatic nitrogens is 1. The van der Waals surface area contributed by atoms with Crippen LogP contribution in [-0.4, -0.2) is 16.6 Å². The molecular weight excluding hydrogens is 196 g/mol. The molecule has 1 aliphatic carbocycles. The number of nitrogens with zero attached hydrogens (tertiary/aromatic N) is 1.